The molecule has 1 aromatic rings. The number of amides is 2. The van der Waals surface area contributed by atoms with E-state index in [1.807, 2.05) is 23.1 Å². The third kappa shape index (κ3) is 6.01. The van der Waals surface area contributed by atoms with Crippen LogP contribution in [0.1, 0.15) is 12.0 Å². The fourth-order valence-corrected chi connectivity index (χ4v) is 2.97. The van der Waals surface area contributed by atoms with E-state index in [2.05, 4.69) is 16.3 Å². The minimum atomic E-state index is 0.0118. The molecular weight excluding hydrogens is 314 g/mol. The third-order valence-electron chi connectivity index (χ3n) is 4.12. The molecule has 128 valence electrons. The lowest BCUT2D eigenvalue weighted by atomic mass is 10.1. The molecule has 1 N–H and O–H groups in total. The van der Waals surface area contributed by atoms with E-state index >= 15 is 0 Å². The van der Waals surface area contributed by atoms with Crippen LogP contribution < -0.4 is 5.32 Å². The van der Waals surface area contributed by atoms with Gasteiger partial charge in [-0.15, -0.1) is 0 Å². The molecule has 2 rings (SSSR count). The lowest BCUT2D eigenvalue weighted by molar-refractivity contribution is 0.135. The van der Waals surface area contributed by atoms with Gasteiger partial charge in [0.05, 0.1) is 6.61 Å². The lowest BCUT2D eigenvalue weighted by Crippen LogP contribution is -2.52. The summed E-state index contributed by atoms with van der Waals surface area (Å²) in [4.78, 5) is 16.2. The number of carbonyl (C=O) groups excluding carboxylic acids is 1. The number of carbonyl (C=O) groups is 1. The molecule has 6 heteroatoms. The van der Waals surface area contributed by atoms with Gasteiger partial charge in [0, 0.05) is 44.9 Å². The number of aryl methyl sites for hydroxylation is 1. The summed E-state index contributed by atoms with van der Waals surface area (Å²) in [6.45, 7) is 5.59. The van der Waals surface area contributed by atoms with Crippen LogP contribution in [-0.2, 0) is 11.2 Å². The second kappa shape index (κ2) is 9.75. The van der Waals surface area contributed by atoms with Crippen LogP contribution in [0.5, 0.6) is 0 Å². The van der Waals surface area contributed by atoms with Gasteiger partial charge >= 0.3 is 6.03 Å². The van der Waals surface area contributed by atoms with Gasteiger partial charge in [0.2, 0.25) is 0 Å². The zero-order valence-corrected chi connectivity index (χ0v) is 14.5. The summed E-state index contributed by atoms with van der Waals surface area (Å²) >= 11 is 6.18. The molecule has 0 aromatic heterocycles. The average molecular weight is 340 g/mol. The van der Waals surface area contributed by atoms with Crippen LogP contribution >= 0.6 is 11.6 Å². The number of nitrogens with one attached hydrogen (secondary N) is 1. The molecule has 0 atom stereocenters. The van der Waals surface area contributed by atoms with Crippen molar-refractivity contribution >= 4 is 17.6 Å². The van der Waals surface area contributed by atoms with Gasteiger partial charge in [-0.05, 0) is 31.0 Å². The molecule has 2 amide bonds. The highest BCUT2D eigenvalue weighted by atomic mass is 35.5. The van der Waals surface area contributed by atoms with Crippen LogP contribution in [0.15, 0.2) is 24.3 Å². The van der Waals surface area contributed by atoms with Crippen molar-refractivity contribution in [1.29, 1.82) is 0 Å². The number of piperazine rings is 1. The third-order valence-corrected chi connectivity index (χ3v) is 4.49. The van der Waals surface area contributed by atoms with Crippen molar-refractivity contribution in [3.8, 4) is 0 Å². The zero-order chi connectivity index (χ0) is 16.5. The van der Waals surface area contributed by atoms with Crippen molar-refractivity contribution in [3.63, 3.8) is 0 Å². The summed E-state index contributed by atoms with van der Waals surface area (Å²) in [7, 11) is 1.63. The Bertz CT molecular complexity index is 490. The molecule has 0 unspecified atom stereocenters. The van der Waals surface area contributed by atoms with Crippen molar-refractivity contribution in [2.24, 2.45) is 0 Å². The summed E-state index contributed by atoms with van der Waals surface area (Å²) in [5.41, 5.74) is 1.21. The second-order valence-corrected chi connectivity index (χ2v) is 6.16. The SMILES string of the molecule is COCCNC(=O)N1CCN(CCCc2ccccc2Cl)CC1. The molecule has 0 aliphatic carbocycles. The van der Waals surface area contributed by atoms with E-state index in [0.717, 1.165) is 50.6 Å². The highest BCUT2D eigenvalue weighted by Crippen LogP contribution is 2.16. The first-order chi connectivity index (χ1) is 11.2. The number of benzene rings is 1. The predicted octanol–water partition coefficient (Wildman–Crippen LogP) is 2.25. The van der Waals surface area contributed by atoms with E-state index in [0.29, 0.717) is 13.2 Å². The molecule has 23 heavy (non-hydrogen) atoms. The summed E-state index contributed by atoms with van der Waals surface area (Å²) in [6, 6.07) is 8.03. The van der Waals surface area contributed by atoms with E-state index in [1.165, 1.54) is 5.56 Å². The highest BCUT2D eigenvalue weighted by Gasteiger charge is 2.20. The Balaban J connectivity index is 1.63. The molecule has 1 saturated heterocycles. The summed E-state index contributed by atoms with van der Waals surface area (Å²) in [5.74, 6) is 0. The van der Waals surface area contributed by atoms with Crippen LogP contribution in [-0.4, -0.2) is 68.8 Å². The smallest absolute Gasteiger partial charge is 0.317 e. The molecule has 0 saturated carbocycles. The van der Waals surface area contributed by atoms with Gasteiger partial charge in [-0.3, -0.25) is 4.90 Å². The molecule has 1 aromatic carbocycles. The Labute approximate surface area is 143 Å². The van der Waals surface area contributed by atoms with Crippen LogP contribution in [0.3, 0.4) is 0 Å². The maximum Gasteiger partial charge on any atom is 0.317 e. The normalized spacial score (nSPS) is 15.7. The summed E-state index contributed by atoms with van der Waals surface area (Å²) in [5, 5.41) is 3.72. The molecule has 1 aliphatic heterocycles. The minimum Gasteiger partial charge on any atom is -0.383 e. The monoisotopic (exact) mass is 339 g/mol. The first-order valence-electron chi connectivity index (χ1n) is 8.18. The van der Waals surface area contributed by atoms with Crippen LogP contribution in [0.25, 0.3) is 0 Å². The minimum absolute atomic E-state index is 0.0118. The van der Waals surface area contributed by atoms with Gasteiger partial charge in [0.15, 0.2) is 0 Å². The van der Waals surface area contributed by atoms with Gasteiger partial charge in [0.25, 0.3) is 0 Å². The Hall–Kier alpha value is -1.30. The van der Waals surface area contributed by atoms with Gasteiger partial charge < -0.3 is 15.0 Å². The van der Waals surface area contributed by atoms with Crippen molar-refractivity contribution < 1.29 is 9.53 Å². The van der Waals surface area contributed by atoms with Crippen molar-refractivity contribution in [2.75, 3.05) is 53.0 Å². The van der Waals surface area contributed by atoms with Crippen molar-refractivity contribution in [1.82, 2.24) is 15.1 Å². The average Bonchev–Trinajstić information content (AvgIpc) is 2.57. The highest BCUT2D eigenvalue weighted by molar-refractivity contribution is 6.31. The molecule has 0 radical (unpaired) electrons. The van der Waals surface area contributed by atoms with Crippen LogP contribution in [0.2, 0.25) is 5.02 Å². The van der Waals surface area contributed by atoms with E-state index in [4.69, 9.17) is 16.3 Å². The first-order valence-corrected chi connectivity index (χ1v) is 8.56. The number of urea groups is 1. The number of halogens is 1. The second-order valence-electron chi connectivity index (χ2n) is 5.75. The molecule has 5 nitrogen and oxygen atoms in total. The number of nitrogens with zero attached hydrogens (tertiary/aromatic N) is 2. The number of methoxy groups -OCH3 is 1. The Morgan fingerprint density at radius 2 is 2.00 bits per heavy atom. The Morgan fingerprint density at radius 1 is 1.26 bits per heavy atom. The number of rotatable bonds is 7. The van der Waals surface area contributed by atoms with Gasteiger partial charge in [-0.1, -0.05) is 29.8 Å². The lowest BCUT2D eigenvalue weighted by Gasteiger charge is -2.34. The maximum absolute atomic E-state index is 11.9. The fourth-order valence-electron chi connectivity index (χ4n) is 2.74. The standard InChI is InChI=1S/C17H26ClN3O2/c1-23-14-8-19-17(22)21-12-10-20(11-13-21)9-4-6-15-5-2-3-7-16(15)18/h2-3,5,7H,4,6,8-14H2,1H3,(H,19,22). The van der Waals surface area contributed by atoms with E-state index < -0.39 is 0 Å². The largest absolute Gasteiger partial charge is 0.383 e. The Kier molecular flexibility index (Phi) is 7.65. The Morgan fingerprint density at radius 3 is 2.70 bits per heavy atom. The van der Waals surface area contributed by atoms with Gasteiger partial charge in [0.1, 0.15) is 0 Å². The van der Waals surface area contributed by atoms with Crippen molar-refractivity contribution in [2.45, 2.75) is 12.8 Å². The predicted molar refractivity (Wildman–Crippen MR) is 93.1 cm³/mol. The number of ether oxygens (including phenoxy) is 1. The quantitative estimate of drug-likeness (QED) is 0.775. The number of hydrogen-bond acceptors (Lipinski definition) is 3. The van der Waals surface area contributed by atoms with Gasteiger partial charge in [-0.25, -0.2) is 4.79 Å². The number of hydrogen-bond donors (Lipinski definition) is 1. The molecule has 1 aliphatic rings. The first kappa shape index (κ1) is 18.0. The van der Waals surface area contributed by atoms with Crippen molar-refractivity contribution in [3.05, 3.63) is 34.9 Å². The maximum atomic E-state index is 11.9. The van der Waals surface area contributed by atoms with Crippen LogP contribution in [0.4, 0.5) is 4.79 Å². The van der Waals surface area contributed by atoms with E-state index in [9.17, 15) is 4.79 Å². The van der Waals surface area contributed by atoms with Gasteiger partial charge in [-0.2, -0.15) is 0 Å². The van der Waals surface area contributed by atoms with Crippen LogP contribution in [0, 0.1) is 0 Å². The molecule has 1 heterocycles. The molecular formula is C17H26ClN3O2. The zero-order valence-electron chi connectivity index (χ0n) is 13.8. The fraction of sp³-hybridized carbons (Fsp3) is 0.588. The molecule has 1 fully saturated rings. The summed E-state index contributed by atoms with van der Waals surface area (Å²) in [6.07, 6.45) is 2.08. The molecule has 0 spiro atoms. The van der Waals surface area contributed by atoms with E-state index in [1.54, 1.807) is 7.11 Å². The summed E-state index contributed by atoms with van der Waals surface area (Å²) < 4.78 is 4.93. The topological polar surface area (TPSA) is 44.8 Å². The van der Waals surface area contributed by atoms with E-state index in [-0.39, 0.29) is 6.03 Å². The molecule has 0 bridgehead atoms.